The van der Waals surface area contributed by atoms with Crippen molar-refractivity contribution in [2.24, 2.45) is 5.92 Å². The van der Waals surface area contributed by atoms with Crippen LogP contribution in [0.1, 0.15) is 30.0 Å². The highest BCUT2D eigenvalue weighted by molar-refractivity contribution is 7.92. The first-order chi connectivity index (χ1) is 14.7. The van der Waals surface area contributed by atoms with Crippen LogP contribution in [-0.2, 0) is 14.8 Å². The van der Waals surface area contributed by atoms with Crippen LogP contribution in [0.25, 0.3) is 5.69 Å². The van der Waals surface area contributed by atoms with Gasteiger partial charge in [-0.15, -0.1) is 5.10 Å². The highest BCUT2D eigenvalue weighted by atomic mass is 35.5. The van der Waals surface area contributed by atoms with Crippen LogP contribution in [0.4, 0.5) is 5.69 Å². The maximum absolute atomic E-state index is 13.6. The van der Waals surface area contributed by atoms with Gasteiger partial charge in [0.2, 0.25) is 0 Å². The van der Waals surface area contributed by atoms with E-state index in [2.05, 4.69) is 10.3 Å². The van der Waals surface area contributed by atoms with E-state index in [1.165, 1.54) is 16.1 Å². The molecule has 0 bridgehead atoms. The summed E-state index contributed by atoms with van der Waals surface area (Å²) >= 11 is 6.24. The van der Waals surface area contributed by atoms with Gasteiger partial charge in [-0.3, -0.25) is 4.31 Å². The molecule has 0 fully saturated rings. The Morgan fingerprint density at radius 2 is 1.87 bits per heavy atom. The monoisotopic (exact) mass is 462 g/mol. The molecule has 0 unspecified atom stereocenters. The number of carbonyl (C=O) groups excluding carboxylic acids is 1. The zero-order valence-electron chi connectivity index (χ0n) is 17.6. The fraction of sp³-hybridized carbons (Fsp3) is 0.286. The third-order valence-electron chi connectivity index (χ3n) is 4.57. The first-order valence-electron chi connectivity index (χ1n) is 9.55. The van der Waals surface area contributed by atoms with Crippen molar-refractivity contribution in [3.8, 4) is 5.69 Å². The quantitative estimate of drug-likeness (QED) is 0.495. The second-order valence-electron chi connectivity index (χ2n) is 7.30. The molecule has 0 aliphatic rings. The minimum absolute atomic E-state index is 0.0319. The molecule has 1 aromatic heterocycles. The van der Waals surface area contributed by atoms with Crippen molar-refractivity contribution in [2.75, 3.05) is 18.0 Å². The molecule has 0 aliphatic heterocycles. The smallest absolute Gasteiger partial charge is 0.360 e. The van der Waals surface area contributed by atoms with Crippen molar-refractivity contribution < 1.29 is 17.9 Å². The number of sulfonamides is 1. The first-order valence-corrected chi connectivity index (χ1v) is 11.4. The van der Waals surface area contributed by atoms with Crippen molar-refractivity contribution >= 4 is 33.3 Å². The lowest BCUT2D eigenvalue weighted by Crippen LogP contribution is -2.35. The third kappa shape index (κ3) is 4.57. The number of aromatic nitrogens is 3. The molecule has 31 heavy (non-hydrogen) atoms. The van der Waals surface area contributed by atoms with Crippen LogP contribution in [0.2, 0.25) is 5.02 Å². The number of ether oxygens (including phenoxy) is 1. The summed E-state index contributed by atoms with van der Waals surface area (Å²) in [6.45, 7) is 5.73. The van der Waals surface area contributed by atoms with Crippen LogP contribution >= 0.6 is 11.6 Å². The van der Waals surface area contributed by atoms with E-state index in [0.717, 1.165) is 0 Å². The summed E-state index contributed by atoms with van der Waals surface area (Å²) in [6, 6.07) is 13.0. The second kappa shape index (κ2) is 9.07. The number of halogens is 1. The highest BCUT2D eigenvalue weighted by Crippen LogP contribution is 2.33. The van der Waals surface area contributed by atoms with E-state index in [1.807, 2.05) is 13.8 Å². The normalized spacial score (nSPS) is 11.5. The molecule has 2 aromatic carbocycles. The SMILES string of the molecule is COC(=O)c1nnn(-c2cc(Cl)ccc2N(CC(C)C)S(=O)(=O)c2ccccc2)c1C. The van der Waals surface area contributed by atoms with Gasteiger partial charge in [0.15, 0.2) is 5.69 Å². The van der Waals surface area contributed by atoms with Crippen LogP contribution in [0.15, 0.2) is 53.4 Å². The van der Waals surface area contributed by atoms with Gasteiger partial charge in [0.05, 0.1) is 29.1 Å². The van der Waals surface area contributed by atoms with Gasteiger partial charge >= 0.3 is 5.97 Å². The number of anilines is 1. The van der Waals surface area contributed by atoms with Crippen molar-refractivity contribution in [2.45, 2.75) is 25.7 Å². The molecule has 3 aromatic rings. The summed E-state index contributed by atoms with van der Waals surface area (Å²) in [6.07, 6.45) is 0. The fourth-order valence-electron chi connectivity index (χ4n) is 3.10. The average molecular weight is 463 g/mol. The lowest BCUT2D eigenvalue weighted by molar-refractivity contribution is 0.0593. The molecule has 0 N–H and O–H groups in total. The van der Waals surface area contributed by atoms with E-state index < -0.39 is 16.0 Å². The van der Waals surface area contributed by atoms with Gasteiger partial charge in [-0.05, 0) is 43.2 Å². The standard InChI is InChI=1S/C21H23ClN4O4S/c1-14(2)13-25(31(28,29)17-8-6-5-7-9-17)18-11-10-16(22)12-19(18)26-15(3)20(23-24-26)21(27)30-4/h5-12,14H,13H2,1-4H3. The van der Waals surface area contributed by atoms with Gasteiger partial charge in [0, 0.05) is 11.6 Å². The Kier molecular flexibility index (Phi) is 6.66. The van der Waals surface area contributed by atoms with Crippen molar-refractivity contribution in [3.05, 3.63) is 64.9 Å². The third-order valence-corrected chi connectivity index (χ3v) is 6.60. The van der Waals surface area contributed by atoms with Gasteiger partial charge < -0.3 is 4.74 Å². The van der Waals surface area contributed by atoms with Crippen LogP contribution in [0.5, 0.6) is 0 Å². The predicted molar refractivity (Wildman–Crippen MR) is 118 cm³/mol. The summed E-state index contributed by atoms with van der Waals surface area (Å²) in [7, 11) is -2.63. The van der Waals surface area contributed by atoms with E-state index in [4.69, 9.17) is 16.3 Å². The van der Waals surface area contributed by atoms with E-state index >= 15 is 0 Å². The lowest BCUT2D eigenvalue weighted by atomic mass is 10.2. The Balaban J connectivity index is 2.23. The fourth-order valence-corrected chi connectivity index (χ4v) is 4.93. The summed E-state index contributed by atoms with van der Waals surface area (Å²) in [5.41, 5.74) is 1.19. The number of hydrogen-bond donors (Lipinski definition) is 0. The Bertz CT molecular complexity index is 1190. The Morgan fingerprint density at radius 3 is 2.48 bits per heavy atom. The molecule has 0 atom stereocenters. The molecule has 1 heterocycles. The van der Waals surface area contributed by atoms with Crippen LogP contribution in [-0.4, -0.2) is 43.0 Å². The number of nitrogens with zero attached hydrogens (tertiary/aromatic N) is 4. The Labute approximate surface area is 186 Å². The second-order valence-corrected chi connectivity index (χ2v) is 9.60. The number of rotatable bonds is 7. The molecular weight excluding hydrogens is 440 g/mol. The molecule has 164 valence electrons. The van der Waals surface area contributed by atoms with Crippen molar-refractivity contribution in [1.29, 1.82) is 0 Å². The first kappa shape index (κ1) is 22.8. The molecule has 0 radical (unpaired) electrons. The summed E-state index contributed by atoms with van der Waals surface area (Å²) in [5.74, 6) is -0.604. The Hall–Kier alpha value is -2.91. The molecule has 0 aliphatic carbocycles. The van der Waals surface area contributed by atoms with Crippen molar-refractivity contribution in [1.82, 2.24) is 15.0 Å². The largest absolute Gasteiger partial charge is 0.464 e. The Morgan fingerprint density at radius 1 is 1.19 bits per heavy atom. The minimum Gasteiger partial charge on any atom is -0.464 e. The maximum Gasteiger partial charge on any atom is 0.360 e. The van der Waals surface area contributed by atoms with Gasteiger partial charge in [-0.2, -0.15) is 0 Å². The molecule has 0 amide bonds. The van der Waals surface area contributed by atoms with Crippen LogP contribution < -0.4 is 4.31 Å². The molecule has 3 rings (SSSR count). The predicted octanol–water partition coefficient (Wildman–Crippen LogP) is 3.87. The van der Waals surface area contributed by atoms with E-state index in [-0.39, 0.29) is 23.1 Å². The minimum atomic E-state index is -3.88. The molecule has 0 saturated carbocycles. The lowest BCUT2D eigenvalue weighted by Gasteiger charge is -2.28. The average Bonchev–Trinajstić information content (AvgIpc) is 3.13. The van der Waals surface area contributed by atoms with Crippen molar-refractivity contribution in [3.63, 3.8) is 0 Å². The van der Waals surface area contributed by atoms with Gasteiger partial charge in [0.25, 0.3) is 10.0 Å². The zero-order chi connectivity index (χ0) is 22.8. The van der Waals surface area contributed by atoms with Gasteiger partial charge in [0.1, 0.15) is 0 Å². The number of benzene rings is 2. The molecular formula is C21H23ClN4O4S. The molecule has 8 nitrogen and oxygen atoms in total. The molecule has 10 heteroatoms. The molecule has 0 saturated heterocycles. The van der Waals surface area contributed by atoms with E-state index in [0.29, 0.717) is 22.1 Å². The van der Waals surface area contributed by atoms with E-state index in [9.17, 15) is 13.2 Å². The maximum atomic E-state index is 13.6. The van der Waals surface area contributed by atoms with Crippen LogP contribution in [0.3, 0.4) is 0 Å². The summed E-state index contributed by atoms with van der Waals surface area (Å²) in [4.78, 5) is 12.2. The number of carbonyl (C=O) groups is 1. The summed E-state index contributed by atoms with van der Waals surface area (Å²) < 4.78 is 34.6. The number of esters is 1. The van der Waals surface area contributed by atoms with Crippen LogP contribution in [0, 0.1) is 12.8 Å². The van der Waals surface area contributed by atoms with E-state index in [1.54, 1.807) is 55.5 Å². The van der Waals surface area contributed by atoms with Gasteiger partial charge in [-0.25, -0.2) is 17.9 Å². The van der Waals surface area contributed by atoms with Gasteiger partial charge in [-0.1, -0.05) is 48.9 Å². The summed E-state index contributed by atoms with van der Waals surface area (Å²) in [5, 5.41) is 8.34. The topological polar surface area (TPSA) is 94.4 Å². The highest BCUT2D eigenvalue weighted by Gasteiger charge is 2.29. The number of hydrogen-bond acceptors (Lipinski definition) is 6. The zero-order valence-corrected chi connectivity index (χ0v) is 19.2. The number of methoxy groups -OCH3 is 1. The molecule has 0 spiro atoms.